The van der Waals surface area contributed by atoms with Crippen molar-refractivity contribution in [3.05, 3.63) is 42.0 Å². The number of aliphatic hydroxyl groups is 1. The van der Waals surface area contributed by atoms with Crippen LogP contribution in [0.2, 0.25) is 0 Å². The van der Waals surface area contributed by atoms with E-state index in [0.717, 1.165) is 17.2 Å². The highest BCUT2D eigenvalue weighted by atomic mass is 16.7. The normalized spacial score (nSPS) is 11.7. The predicted octanol–water partition coefficient (Wildman–Crippen LogP) is 1.73. The van der Waals surface area contributed by atoms with Gasteiger partial charge in [0.2, 0.25) is 6.29 Å². The Morgan fingerprint density at radius 3 is 2.53 bits per heavy atom. The lowest BCUT2D eigenvalue weighted by molar-refractivity contribution is -0.166. The third-order valence-electron chi connectivity index (χ3n) is 2.01. The Balaban J connectivity index is 2.49. The van der Waals surface area contributed by atoms with E-state index in [9.17, 15) is 9.90 Å². The number of rotatable bonds is 5. The molecular weight excluding hydrogens is 220 g/mol. The Morgan fingerprint density at radius 2 is 2.00 bits per heavy atom. The molecule has 0 amide bonds. The maximum Gasteiger partial charge on any atom is 0.332 e. The van der Waals surface area contributed by atoms with E-state index in [1.807, 2.05) is 32.0 Å². The minimum atomic E-state index is -1.29. The number of carbonyl (C=O) groups is 1. The number of aliphatic hydroxyl groups excluding tert-OH is 1. The van der Waals surface area contributed by atoms with Crippen LogP contribution in [-0.2, 0) is 9.53 Å². The summed E-state index contributed by atoms with van der Waals surface area (Å²) in [6.45, 7) is 7.02. The number of ether oxygens (including phenoxy) is 2. The third kappa shape index (κ3) is 4.70. The van der Waals surface area contributed by atoms with Crippen molar-refractivity contribution >= 4 is 5.97 Å². The Hall–Kier alpha value is -1.81. The van der Waals surface area contributed by atoms with Gasteiger partial charge in [0.05, 0.1) is 0 Å². The highest BCUT2D eigenvalue weighted by molar-refractivity contribution is 5.81. The van der Waals surface area contributed by atoms with Gasteiger partial charge < -0.3 is 14.6 Å². The summed E-state index contributed by atoms with van der Waals surface area (Å²) in [5.41, 5.74) is 2.13. The van der Waals surface area contributed by atoms with E-state index in [4.69, 9.17) is 4.74 Å². The lowest BCUT2D eigenvalue weighted by atomic mass is 10.1. The van der Waals surface area contributed by atoms with Gasteiger partial charge >= 0.3 is 5.97 Å². The highest BCUT2D eigenvalue weighted by Gasteiger charge is 2.09. The monoisotopic (exact) mass is 236 g/mol. The largest absolute Gasteiger partial charge is 0.487 e. The third-order valence-corrected chi connectivity index (χ3v) is 2.01. The van der Waals surface area contributed by atoms with Gasteiger partial charge in [-0.15, -0.1) is 0 Å². The van der Waals surface area contributed by atoms with Crippen LogP contribution in [0.25, 0.3) is 0 Å². The zero-order valence-electron chi connectivity index (χ0n) is 9.97. The van der Waals surface area contributed by atoms with E-state index in [1.165, 1.54) is 0 Å². The number of aryl methyl sites for hydroxylation is 2. The van der Waals surface area contributed by atoms with E-state index in [2.05, 4.69) is 11.3 Å². The van der Waals surface area contributed by atoms with Crippen LogP contribution in [0, 0.1) is 13.8 Å². The van der Waals surface area contributed by atoms with E-state index >= 15 is 0 Å². The Kier molecular flexibility index (Phi) is 4.72. The fourth-order valence-corrected chi connectivity index (χ4v) is 1.40. The number of esters is 1. The molecule has 0 bridgehead atoms. The van der Waals surface area contributed by atoms with Crippen molar-refractivity contribution in [2.24, 2.45) is 0 Å². The maximum atomic E-state index is 10.8. The van der Waals surface area contributed by atoms with E-state index in [1.54, 1.807) is 0 Å². The van der Waals surface area contributed by atoms with Crippen LogP contribution in [0.3, 0.4) is 0 Å². The minimum Gasteiger partial charge on any atom is -0.487 e. The predicted molar refractivity (Wildman–Crippen MR) is 63.7 cm³/mol. The first kappa shape index (κ1) is 13.3. The van der Waals surface area contributed by atoms with Gasteiger partial charge in [0.1, 0.15) is 5.75 Å². The number of benzene rings is 1. The average molecular weight is 236 g/mol. The quantitative estimate of drug-likeness (QED) is 0.480. The summed E-state index contributed by atoms with van der Waals surface area (Å²) in [7, 11) is 0. The van der Waals surface area contributed by atoms with Gasteiger partial charge in [-0.3, -0.25) is 0 Å². The van der Waals surface area contributed by atoms with Crippen molar-refractivity contribution in [1.29, 1.82) is 0 Å². The summed E-state index contributed by atoms with van der Waals surface area (Å²) in [6, 6.07) is 5.70. The van der Waals surface area contributed by atoms with Gasteiger partial charge in [0.25, 0.3) is 0 Å². The Labute approximate surface area is 100 Å². The molecule has 1 aromatic carbocycles. The standard InChI is InChI=1S/C13H16O4/c1-4-12(14)17-13(15)8-16-11-6-9(2)5-10(3)7-11/h4-7,13,15H,1,8H2,2-3H3. The topological polar surface area (TPSA) is 55.8 Å². The van der Waals surface area contributed by atoms with Gasteiger partial charge in [-0.2, -0.15) is 0 Å². The summed E-state index contributed by atoms with van der Waals surface area (Å²) in [6.07, 6.45) is -0.304. The van der Waals surface area contributed by atoms with E-state index in [-0.39, 0.29) is 6.61 Å². The molecule has 1 atom stereocenters. The van der Waals surface area contributed by atoms with Crippen LogP contribution in [0.1, 0.15) is 11.1 Å². The molecular formula is C13H16O4. The van der Waals surface area contributed by atoms with Crippen molar-refractivity contribution in [2.75, 3.05) is 6.61 Å². The molecule has 1 rings (SSSR count). The van der Waals surface area contributed by atoms with Gasteiger partial charge in [-0.1, -0.05) is 12.6 Å². The SMILES string of the molecule is C=CC(=O)OC(O)COc1cc(C)cc(C)c1. The Bertz CT molecular complexity index is 392. The molecule has 0 saturated heterocycles. The molecule has 0 aliphatic rings. The van der Waals surface area contributed by atoms with E-state index in [0.29, 0.717) is 5.75 Å². The summed E-state index contributed by atoms with van der Waals surface area (Å²) in [5.74, 6) is -0.0438. The second-order valence-electron chi connectivity index (χ2n) is 3.73. The first-order valence-electron chi connectivity index (χ1n) is 5.23. The van der Waals surface area contributed by atoms with Gasteiger partial charge in [-0.05, 0) is 37.1 Å². The van der Waals surface area contributed by atoms with Crippen molar-refractivity contribution in [3.63, 3.8) is 0 Å². The lowest BCUT2D eigenvalue weighted by Gasteiger charge is -2.13. The van der Waals surface area contributed by atoms with Gasteiger partial charge in [0, 0.05) is 6.08 Å². The van der Waals surface area contributed by atoms with E-state index < -0.39 is 12.3 Å². The fraction of sp³-hybridized carbons (Fsp3) is 0.308. The molecule has 0 aliphatic carbocycles. The number of hydrogen-bond donors (Lipinski definition) is 1. The zero-order chi connectivity index (χ0) is 12.8. The van der Waals surface area contributed by atoms with Crippen molar-refractivity contribution in [2.45, 2.75) is 20.1 Å². The van der Waals surface area contributed by atoms with Crippen LogP contribution in [-0.4, -0.2) is 24.0 Å². The highest BCUT2D eigenvalue weighted by Crippen LogP contribution is 2.16. The average Bonchev–Trinajstić information content (AvgIpc) is 2.25. The van der Waals surface area contributed by atoms with Gasteiger partial charge in [0.15, 0.2) is 6.61 Å². The Morgan fingerprint density at radius 1 is 1.41 bits per heavy atom. The lowest BCUT2D eigenvalue weighted by Crippen LogP contribution is -2.23. The summed E-state index contributed by atoms with van der Waals surface area (Å²) >= 11 is 0. The molecule has 1 aromatic rings. The first-order valence-corrected chi connectivity index (χ1v) is 5.23. The summed E-state index contributed by atoms with van der Waals surface area (Å²) in [4.78, 5) is 10.8. The van der Waals surface area contributed by atoms with Gasteiger partial charge in [-0.25, -0.2) is 4.79 Å². The van der Waals surface area contributed by atoms with Crippen molar-refractivity contribution < 1.29 is 19.4 Å². The zero-order valence-corrected chi connectivity index (χ0v) is 9.97. The molecule has 1 unspecified atom stereocenters. The summed E-state index contributed by atoms with van der Waals surface area (Å²) < 4.78 is 9.87. The molecule has 0 aromatic heterocycles. The number of carbonyl (C=O) groups excluding carboxylic acids is 1. The van der Waals surface area contributed by atoms with Crippen LogP contribution < -0.4 is 4.74 Å². The first-order chi connectivity index (χ1) is 8.01. The van der Waals surface area contributed by atoms with Crippen molar-refractivity contribution in [3.8, 4) is 5.75 Å². The molecule has 0 fully saturated rings. The van der Waals surface area contributed by atoms with Crippen LogP contribution in [0.4, 0.5) is 0 Å². The van der Waals surface area contributed by atoms with Crippen molar-refractivity contribution in [1.82, 2.24) is 0 Å². The molecule has 1 N–H and O–H groups in total. The molecule has 0 radical (unpaired) electrons. The molecule has 0 aliphatic heterocycles. The molecule has 4 heteroatoms. The molecule has 0 spiro atoms. The van der Waals surface area contributed by atoms with Crippen LogP contribution in [0.15, 0.2) is 30.9 Å². The molecule has 0 saturated carbocycles. The second-order valence-corrected chi connectivity index (χ2v) is 3.73. The fourth-order valence-electron chi connectivity index (χ4n) is 1.40. The molecule has 0 heterocycles. The van der Waals surface area contributed by atoms with Crippen LogP contribution >= 0.6 is 0 Å². The minimum absolute atomic E-state index is 0.109. The van der Waals surface area contributed by atoms with Crippen LogP contribution in [0.5, 0.6) is 5.75 Å². The maximum absolute atomic E-state index is 10.8. The second kappa shape index (κ2) is 6.06. The molecule has 4 nitrogen and oxygen atoms in total. The molecule has 17 heavy (non-hydrogen) atoms. The molecule has 92 valence electrons. The summed E-state index contributed by atoms with van der Waals surface area (Å²) in [5, 5.41) is 9.33. The number of hydrogen-bond acceptors (Lipinski definition) is 4. The smallest absolute Gasteiger partial charge is 0.332 e.